The Labute approximate surface area is 107 Å². The molecule has 0 amide bonds. The van der Waals surface area contributed by atoms with Crippen molar-refractivity contribution < 1.29 is 4.74 Å². The van der Waals surface area contributed by atoms with Gasteiger partial charge in [-0.15, -0.1) is 0 Å². The maximum absolute atomic E-state index is 5.77. The molecule has 1 rings (SSSR count). The summed E-state index contributed by atoms with van der Waals surface area (Å²) in [6.07, 6.45) is 3.26. The van der Waals surface area contributed by atoms with E-state index in [1.54, 1.807) is 0 Å². The fourth-order valence-electron chi connectivity index (χ4n) is 2.61. The predicted octanol–water partition coefficient (Wildman–Crippen LogP) is 2.26. The van der Waals surface area contributed by atoms with Gasteiger partial charge < -0.3 is 10.1 Å². The first-order valence-electron chi connectivity index (χ1n) is 7.15. The summed E-state index contributed by atoms with van der Waals surface area (Å²) in [6, 6.07) is 1.24. The molecule has 102 valence electrons. The van der Waals surface area contributed by atoms with E-state index in [-0.39, 0.29) is 0 Å². The molecule has 0 aromatic carbocycles. The molecule has 0 spiro atoms. The van der Waals surface area contributed by atoms with Gasteiger partial charge in [-0.2, -0.15) is 0 Å². The summed E-state index contributed by atoms with van der Waals surface area (Å²) in [7, 11) is 0. The normalized spacial score (nSPS) is 30.2. The molecule has 1 aliphatic heterocycles. The van der Waals surface area contributed by atoms with Crippen molar-refractivity contribution in [2.45, 2.75) is 71.8 Å². The summed E-state index contributed by atoms with van der Waals surface area (Å²) in [6.45, 7) is 14.4. The van der Waals surface area contributed by atoms with Crippen molar-refractivity contribution in [3.8, 4) is 0 Å². The summed E-state index contributed by atoms with van der Waals surface area (Å²) in [4.78, 5) is 2.55. The second kappa shape index (κ2) is 7.34. The molecule has 0 radical (unpaired) electrons. The van der Waals surface area contributed by atoms with Crippen molar-refractivity contribution in [2.75, 3.05) is 19.6 Å². The van der Waals surface area contributed by atoms with Crippen LogP contribution < -0.4 is 5.32 Å². The standard InChI is InChI=1S/C14H30N2O/c1-6-7-11(2)15-8-12(3)16-9-13(4)17-14(5)10-16/h11-15H,6-10H2,1-5H3/t11?,12?,13-,14+. The Balaban J connectivity index is 2.28. The molecule has 0 saturated carbocycles. The van der Waals surface area contributed by atoms with E-state index >= 15 is 0 Å². The van der Waals surface area contributed by atoms with Crippen molar-refractivity contribution in [1.82, 2.24) is 10.2 Å². The van der Waals surface area contributed by atoms with Gasteiger partial charge in [-0.25, -0.2) is 0 Å². The minimum Gasteiger partial charge on any atom is -0.373 e. The molecule has 1 N–H and O–H groups in total. The first-order chi connectivity index (χ1) is 8.02. The van der Waals surface area contributed by atoms with Crippen LogP contribution in [0.2, 0.25) is 0 Å². The van der Waals surface area contributed by atoms with Crippen LogP contribution in [0.5, 0.6) is 0 Å². The highest BCUT2D eigenvalue weighted by Gasteiger charge is 2.25. The lowest BCUT2D eigenvalue weighted by molar-refractivity contribution is -0.0782. The van der Waals surface area contributed by atoms with Gasteiger partial charge in [0.25, 0.3) is 0 Å². The van der Waals surface area contributed by atoms with Gasteiger partial charge in [0.1, 0.15) is 0 Å². The molecule has 1 saturated heterocycles. The summed E-state index contributed by atoms with van der Waals surface area (Å²) in [5.74, 6) is 0. The van der Waals surface area contributed by atoms with Crippen LogP contribution in [0.15, 0.2) is 0 Å². The number of rotatable bonds is 6. The highest BCUT2D eigenvalue weighted by atomic mass is 16.5. The van der Waals surface area contributed by atoms with E-state index in [1.807, 2.05) is 0 Å². The fraction of sp³-hybridized carbons (Fsp3) is 1.00. The highest BCUT2D eigenvalue weighted by molar-refractivity contribution is 4.79. The Hall–Kier alpha value is -0.120. The van der Waals surface area contributed by atoms with Crippen LogP contribution in [0.25, 0.3) is 0 Å². The zero-order valence-electron chi connectivity index (χ0n) is 12.2. The Bertz CT molecular complexity index is 200. The number of ether oxygens (including phenoxy) is 1. The molecule has 3 heteroatoms. The highest BCUT2D eigenvalue weighted by Crippen LogP contribution is 2.13. The summed E-state index contributed by atoms with van der Waals surface area (Å²) < 4.78 is 5.77. The van der Waals surface area contributed by atoms with E-state index in [0.717, 1.165) is 19.6 Å². The second-order valence-electron chi connectivity index (χ2n) is 5.66. The van der Waals surface area contributed by atoms with Gasteiger partial charge in [0, 0.05) is 31.7 Å². The number of nitrogens with zero attached hydrogens (tertiary/aromatic N) is 1. The van der Waals surface area contributed by atoms with E-state index in [0.29, 0.717) is 24.3 Å². The third kappa shape index (κ3) is 5.36. The topological polar surface area (TPSA) is 24.5 Å². The van der Waals surface area contributed by atoms with Crippen molar-refractivity contribution in [1.29, 1.82) is 0 Å². The lowest BCUT2D eigenvalue weighted by atomic mass is 10.1. The first-order valence-corrected chi connectivity index (χ1v) is 7.15. The van der Waals surface area contributed by atoms with Gasteiger partial charge in [-0.05, 0) is 34.1 Å². The molecule has 3 nitrogen and oxygen atoms in total. The van der Waals surface area contributed by atoms with E-state index in [1.165, 1.54) is 12.8 Å². The van der Waals surface area contributed by atoms with E-state index in [9.17, 15) is 0 Å². The summed E-state index contributed by atoms with van der Waals surface area (Å²) in [5.41, 5.74) is 0. The first kappa shape index (κ1) is 14.9. The smallest absolute Gasteiger partial charge is 0.0678 e. The minimum absolute atomic E-state index is 0.370. The molecule has 0 aromatic rings. The summed E-state index contributed by atoms with van der Waals surface area (Å²) >= 11 is 0. The Morgan fingerprint density at radius 3 is 2.35 bits per heavy atom. The third-order valence-corrected chi connectivity index (χ3v) is 3.55. The monoisotopic (exact) mass is 242 g/mol. The van der Waals surface area contributed by atoms with Gasteiger partial charge in [-0.3, -0.25) is 4.90 Å². The molecule has 0 bridgehead atoms. The fourth-order valence-corrected chi connectivity index (χ4v) is 2.61. The van der Waals surface area contributed by atoms with Crippen LogP contribution in [0.1, 0.15) is 47.5 Å². The Morgan fingerprint density at radius 1 is 1.24 bits per heavy atom. The number of hydrogen-bond donors (Lipinski definition) is 1. The molecule has 2 unspecified atom stereocenters. The molecule has 0 aromatic heterocycles. The largest absolute Gasteiger partial charge is 0.373 e. The van der Waals surface area contributed by atoms with Crippen LogP contribution in [-0.2, 0) is 4.74 Å². The number of nitrogens with one attached hydrogen (secondary N) is 1. The van der Waals surface area contributed by atoms with Crippen molar-refractivity contribution in [3.05, 3.63) is 0 Å². The molecule has 1 aliphatic rings. The quantitative estimate of drug-likeness (QED) is 0.773. The van der Waals surface area contributed by atoms with Crippen molar-refractivity contribution >= 4 is 0 Å². The van der Waals surface area contributed by atoms with Crippen LogP contribution in [0.4, 0.5) is 0 Å². The van der Waals surface area contributed by atoms with Crippen LogP contribution >= 0.6 is 0 Å². The maximum atomic E-state index is 5.77. The lowest BCUT2D eigenvalue weighted by Crippen LogP contribution is -2.52. The van der Waals surface area contributed by atoms with Gasteiger partial charge in [0.15, 0.2) is 0 Å². The zero-order chi connectivity index (χ0) is 12.8. The number of morpholine rings is 1. The molecular formula is C14H30N2O. The molecule has 0 aliphatic carbocycles. The van der Waals surface area contributed by atoms with Crippen molar-refractivity contribution in [3.63, 3.8) is 0 Å². The Kier molecular flexibility index (Phi) is 6.45. The SMILES string of the molecule is CCCC(C)NCC(C)N1C[C@@H](C)O[C@@H](C)C1. The van der Waals surface area contributed by atoms with E-state index in [4.69, 9.17) is 4.74 Å². The molecule has 1 fully saturated rings. The Morgan fingerprint density at radius 2 is 1.82 bits per heavy atom. The van der Waals surface area contributed by atoms with Gasteiger partial charge >= 0.3 is 0 Å². The van der Waals surface area contributed by atoms with Crippen LogP contribution in [0.3, 0.4) is 0 Å². The predicted molar refractivity (Wildman–Crippen MR) is 73.4 cm³/mol. The van der Waals surface area contributed by atoms with E-state index < -0.39 is 0 Å². The molecule has 4 atom stereocenters. The van der Waals surface area contributed by atoms with Gasteiger partial charge in [-0.1, -0.05) is 13.3 Å². The van der Waals surface area contributed by atoms with Gasteiger partial charge in [0.05, 0.1) is 12.2 Å². The van der Waals surface area contributed by atoms with E-state index in [2.05, 4.69) is 44.8 Å². The average molecular weight is 242 g/mol. The third-order valence-electron chi connectivity index (χ3n) is 3.55. The lowest BCUT2D eigenvalue weighted by Gasteiger charge is -2.39. The minimum atomic E-state index is 0.370. The van der Waals surface area contributed by atoms with Crippen LogP contribution in [-0.4, -0.2) is 48.8 Å². The molecule has 1 heterocycles. The maximum Gasteiger partial charge on any atom is 0.0678 e. The molecule has 17 heavy (non-hydrogen) atoms. The molecular weight excluding hydrogens is 212 g/mol. The van der Waals surface area contributed by atoms with Crippen LogP contribution in [0, 0.1) is 0 Å². The average Bonchev–Trinajstić information content (AvgIpc) is 2.25. The second-order valence-corrected chi connectivity index (χ2v) is 5.66. The van der Waals surface area contributed by atoms with Crippen molar-refractivity contribution in [2.24, 2.45) is 0 Å². The summed E-state index contributed by atoms with van der Waals surface area (Å²) in [5, 5.41) is 3.63. The van der Waals surface area contributed by atoms with Gasteiger partial charge in [0.2, 0.25) is 0 Å². The zero-order valence-corrected chi connectivity index (χ0v) is 12.2. The number of hydrogen-bond acceptors (Lipinski definition) is 3.